The summed E-state index contributed by atoms with van der Waals surface area (Å²) in [6.45, 7) is 0. The Hall–Kier alpha value is -2.69. The van der Waals surface area contributed by atoms with Crippen LogP contribution in [-0.2, 0) is 0 Å². The van der Waals surface area contributed by atoms with Crippen LogP contribution in [0.25, 0.3) is 10.9 Å². The number of benzene rings is 2. The Kier molecular flexibility index (Phi) is 3.15. The lowest BCUT2D eigenvalue weighted by atomic mass is 10.1. The molecule has 1 aliphatic rings. The van der Waals surface area contributed by atoms with Crippen molar-refractivity contribution in [2.45, 2.75) is 18.4 Å². The van der Waals surface area contributed by atoms with Gasteiger partial charge in [0.15, 0.2) is 0 Å². The molecule has 0 aliphatic heterocycles. The van der Waals surface area contributed by atoms with Crippen LogP contribution in [0, 0.1) is 11.6 Å². The molecule has 1 saturated carbocycles. The maximum atomic E-state index is 13.7. The van der Waals surface area contributed by atoms with Gasteiger partial charge in [-0.05, 0) is 42.3 Å². The van der Waals surface area contributed by atoms with Gasteiger partial charge in [0.2, 0.25) is 0 Å². The number of amides is 1. The highest BCUT2D eigenvalue weighted by Crippen LogP contribution is 2.41. The molecule has 1 amide bonds. The average molecular weight is 312 g/mol. The van der Waals surface area contributed by atoms with E-state index in [1.165, 1.54) is 18.2 Å². The Morgan fingerprint density at radius 3 is 2.78 bits per heavy atom. The lowest BCUT2D eigenvalue weighted by Gasteiger charge is -2.04. The van der Waals surface area contributed by atoms with Crippen molar-refractivity contribution < 1.29 is 13.6 Å². The first-order valence-electron chi connectivity index (χ1n) is 7.45. The van der Waals surface area contributed by atoms with Gasteiger partial charge in [-0.3, -0.25) is 4.79 Å². The quantitative estimate of drug-likeness (QED) is 0.760. The molecule has 1 heterocycles. The number of fused-ring (bicyclic) bond motifs is 1. The minimum absolute atomic E-state index is 0.0157. The summed E-state index contributed by atoms with van der Waals surface area (Å²) >= 11 is 0. The van der Waals surface area contributed by atoms with Gasteiger partial charge in [0, 0.05) is 22.9 Å². The summed E-state index contributed by atoms with van der Waals surface area (Å²) < 4.78 is 26.9. The molecule has 2 N–H and O–H groups in total. The number of carbonyl (C=O) groups excluding carboxylic acids is 1. The summed E-state index contributed by atoms with van der Waals surface area (Å²) in [5.41, 5.74) is 1.72. The molecule has 3 nitrogen and oxygen atoms in total. The van der Waals surface area contributed by atoms with E-state index in [-0.39, 0.29) is 29.5 Å². The molecule has 2 unspecified atom stereocenters. The highest BCUT2D eigenvalue weighted by Gasteiger charge is 2.41. The molecule has 4 rings (SSSR count). The van der Waals surface area contributed by atoms with Gasteiger partial charge >= 0.3 is 0 Å². The van der Waals surface area contributed by atoms with Gasteiger partial charge in [0.05, 0.1) is 0 Å². The first-order valence-corrected chi connectivity index (χ1v) is 7.45. The summed E-state index contributed by atoms with van der Waals surface area (Å²) in [5.74, 6) is -0.826. The summed E-state index contributed by atoms with van der Waals surface area (Å²) in [5, 5.41) is 3.54. The summed E-state index contributed by atoms with van der Waals surface area (Å²) in [6.07, 6.45) is 0.724. The largest absolute Gasteiger partial charge is 0.351 e. The van der Waals surface area contributed by atoms with Crippen LogP contribution in [0.1, 0.15) is 28.4 Å². The predicted octanol–water partition coefficient (Wildman–Crippen LogP) is 3.73. The van der Waals surface area contributed by atoms with Crippen LogP contribution in [0.2, 0.25) is 0 Å². The second kappa shape index (κ2) is 5.19. The Labute approximate surface area is 131 Å². The number of carbonyl (C=O) groups is 1. The van der Waals surface area contributed by atoms with E-state index in [1.807, 2.05) is 0 Å². The lowest BCUT2D eigenvalue weighted by molar-refractivity contribution is 0.0946. The molecule has 5 heteroatoms. The Morgan fingerprint density at radius 2 is 1.96 bits per heavy atom. The van der Waals surface area contributed by atoms with Crippen LogP contribution in [0.4, 0.5) is 8.78 Å². The van der Waals surface area contributed by atoms with E-state index in [0.29, 0.717) is 22.2 Å². The standard InChI is InChI=1S/C18H14F2N2O/c19-11-5-6-15-10(7-11)8-17(21-15)18(23)22-16-9-13(16)12-3-1-2-4-14(12)20/h1-8,13,16,21H,9H2,(H,22,23). The van der Waals surface area contributed by atoms with Crippen LogP contribution in [0.15, 0.2) is 48.5 Å². The van der Waals surface area contributed by atoms with Crippen LogP contribution >= 0.6 is 0 Å². The zero-order valence-corrected chi connectivity index (χ0v) is 12.1. The van der Waals surface area contributed by atoms with E-state index in [1.54, 1.807) is 30.3 Å². The monoisotopic (exact) mass is 312 g/mol. The third-order valence-electron chi connectivity index (χ3n) is 4.24. The normalized spacial score (nSPS) is 19.7. The maximum absolute atomic E-state index is 13.7. The molecule has 1 aromatic heterocycles. The molecule has 2 aromatic carbocycles. The molecule has 1 aliphatic carbocycles. The van der Waals surface area contributed by atoms with Crippen molar-refractivity contribution in [2.75, 3.05) is 0 Å². The molecule has 0 bridgehead atoms. The molecule has 23 heavy (non-hydrogen) atoms. The van der Waals surface area contributed by atoms with Crippen LogP contribution in [0.5, 0.6) is 0 Å². The summed E-state index contributed by atoms with van der Waals surface area (Å²) in [6, 6.07) is 12.5. The van der Waals surface area contributed by atoms with E-state index in [0.717, 1.165) is 6.42 Å². The summed E-state index contributed by atoms with van der Waals surface area (Å²) in [7, 11) is 0. The van der Waals surface area contributed by atoms with Crippen molar-refractivity contribution in [1.29, 1.82) is 0 Å². The number of hydrogen-bond donors (Lipinski definition) is 2. The molecule has 3 aromatic rings. The second-order valence-corrected chi connectivity index (χ2v) is 5.86. The zero-order chi connectivity index (χ0) is 16.0. The molecule has 0 saturated heterocycles. The smallest absolute Gasteiger partial charge is 0.267 e. The number of nitrogens with one attached hydrogen (secondary N) is 2. The minimum Gasteiger partial charge on any atom is -0.351 e. The van der Waals surface area contributed by atoms with Gasteiger partial charge in [0.1, 0.15) is 17.3 Å². The van der Waals surface area contributed by atoms with E-state index in [4.69, 9.17) is 0 Å². The highest BCUT2D eigenvalue weighted by atomic mass is 19.1. The minimum atomic E-state index is -0.342. The van der Waals surface area contributed by atoms with Crippen molar-refractivity contribution in [2.24, 2.45) is 0 Å². The molecular weight excluding hydrogens is 298 g/mol. The van der Waals surface area contributed by atoms with Crippen molar-refractivity contribution >= 4 is 16.8 Å². The van der Waals surface area contributed by atoms with E-state index in [2.05, 4.69) is 10.3 Å². The van der Waals surface area contributed by atoms with Crippen LogP contribution < -0.4 is 5.32 Å². The molecule has 1 fully saturated rings. The molecule has 116 valence electrons. The fourth-order valence-electron chi connectivity index (χ4n) is 2.95. The van der Waals surface area contributed by atoms with E-state index in [9.17, 15) is 13.6 Å². The molecule has 0 radical (unpaired) electrons. The topological polar surface area (TPSA) is 44.9 Å². The predicted molar refractivity (Wildman–Crippen MR) is 83.3 cm³/mol. The van der Waals surface area contributed by atoms with Crippen LogP contribution in [0.3, 0.4) is 0 Å². The maximum Gasteiger partial charge on any atom is 0.267 e. The van der Waals surface area contributed by atoms with Gasteiger partial charge in [-0.1, -0.05) is 18.2 Å². The van der Waals surface area contributed by atoms with Gasteiger partial charge in [-0.25, -0.2) is 8.78 Å². The molecular formula is C18H14F2N2O. The SMILES string of the molecule is O=C(NC1CC1c1ccccc1F)c1cc2cc(F)ccc2[nH]1. The number of aromatic amines is 1. The fourth-order valence-corrected chi connectivity index (χ4v) is 2.95. The Morgan fingerprint density at radius 1 is 1.13 bits per heavy atom. The Balaban J connectivity index is 1.49. The van der Waals surface area contributed by atoms with Crippen molar-refractivity contribution in [3.63, 3.8) is 0 Å². The highest BCUT2D eigenvalue weighted by molar-refractivity contribution is 5.98. The Bertz CT molecular complexity index is 903. The van der Waals surface area contributed by atoms with Crippen molar-refractivity contribution in [3.05, 3.63) is 71.4 Å². The van der Waals surface area contributed by atoms with Crippen molar-refractivity contribution in [3.8, 4) is 0 Å². The van der Waals surface area contributed by atoms with E-state index < -0.39 is 0 Å². The first-order chi connectivity index (χ1) is 11.1. The first kappa shape index (κ1) is 13.9. The third kappa shape index (κ3) is 2.59. The number of H-pyrrole nitrogens is 1. The average Bonchev–Trinajstić information content (AvgIpc) is 3.15. The number of rotatable bonds is 3. The van der Waals surface area contributed by atoms with Gasteiger partial charge < -0.3 is 10.3 Å². The fraction of sp³-hybridized carbons (Fsp3) is 0.167. The van der Waals surface area contributed by atoms with Crippen LogP contribution in [-0.4, -0.2) is 16.9 Å². The number of halogens is 2. The second-order valence-electron chi connectivity index (χ2n) is 5.86. The zero-order valence-electron chi connectivity index (χ0n) is 12.1. The van der Waals surface area contributed by atoms with Gasteiger partial charge in [-0.15, -0.1) is 0 Å². The van der Waals surface area contributed by atoms with E-state index >= 15 is 0 Å². The van der Waals surface area contributed by atoms with Crippen molar-refractivity contribution in [1.82, 2.24) is 10.3 Å². The number of aromatic nitrogens is 1. The molecule has 2 atom stereocenters. The number of hydrogen-bond acceptors (Lipinski definition) is 1. The lowest BCUT2D eigenvalue weighted by Crippen LogP contribution is -2.26. The third-order valence-corrected chi connectivity index (χ3v) is 4.24. The molecule has 0 spiro atoms. The van der Waals surface area contributed by atoms with Gasteiger partial charge in [-0.2, -0.15) is 0 Å². The summed E-state index contributed by atoms with van der Waals surface area (Å²) in [4.78, 5) is 15.3. The van der Waals surface area contributed by atoms with Gasteiger partial charge in [0.25, 0.3) is 5.91 Å².